The van der Waals surface area contributed by atoms with Gasteiger partial charge in [-0.25, -0.2) is 18.0 Å². The number of rotatable bonds is 6. The Morgan fingerprint density at radius 2 is 1.72 bits per heavy atom. The number of carboxylic acids is 1. The van der Waals surface area contributed by atoms with Gasteiger partial charge in [-0.15, -0.1) is 0 Å². The van der Waals surface area contributed by atoms with Gasteiger partial charge in [0.1, 0.15) is 6.04 Å². The molecule has 0 bridgehead atoms. The van der Waals surface area contributed by atoms with Gasteiger partial charge in [-0.3, -0.25) is 4.79 Å². The summed E-state index contributed by atoms with van der Waals surface area (Å²) in [5, 5.41) is 14.5. The van der Waals surface area contributed by atoms with E-state index in [-0.39, 0.29) is 12.3 Å². The lowest BCUT2D eigenvalue weighted by Gasteiger charge is -2.39. The van der Waals surface area contributed by atoms with Crippen molar-refractivity contribution < 1.29 is 27.9 Å². The Bertz CT molecular complexity index is 738. The Kier molecular flexibility index (Phi) is 7.19. The summed E-state index contributed by atoms with van der Waals surface area (Å²) in [4.78, 5) is 37.3. The molecule has 1 heterocycles. The number of carbonyl (C=O) groups is 3. The highest BCUT2D eigenvalue weighted by molar-refractivity contribution is 7.92. The van der Waals surface area contributed by atoms with E-state index in [4.69, 9.17) is 0 Å². The Balaban J connectivity index is 2.00. The first-order valence-electron chi connectivity index (χ1n) is 10.2. The molecule has 1 atom stereocenters. The van der Waals surface area contributed by atoms with Crippen LogP contribution in [0.5, 0.6) is 0 Å². The van der Waals surface area contributed by atoms with Gasteiger partial charge in [0, 0.05) is 6.54 Å². The van der Waals surface area contributed by atoms with Gasteiger partial charge in [0.25, 0.3) is 0 Å². The summed E-state index contributed by atoms with van der Waals surface area (Å²) in [6.45, 7) is 4.97. The van der Waals surface area contributed by atoms with Crippen molar-refractivity contribution in [2.24, 2.45) is 0 Å². The normalized spacial score (nSPS) is 22.2. The summed E-state index contributed by atoms with van der Waals surface area (Å²) in [5.74, 6) is -1.64. The third-order valence-electron chi connectivity index (χ3n) is 5.85. The van der Waals surface area contributed by atoms with Gasteiger partial charge >= 0.3 is 12.0 Å². The van der Waals surface area contributed by atoms with Crippen molar-refractivity contribution in [3.8, 4) is 0 Å². The number of aliphatic carboxylic acids is 1. The summed E-state index contributed by atoms with van der Waals surface area (Å²) in [6.07, 6.45) is 4.79. The van der Waals surface area contributed by atoms with E-state index < -0.39 is 44.1 Å². The summed E-state index contributed by atoms with van der Waals surface area (Å²) < 4.78 is 24.6. The SMILES string of the molecule is CC(C)(C)S(=O)(=O)CC1(NC(=O)NCC(=O)N2CCC[C@H]2C(=O)O)CCCCC1. The third-order valence-corrected chi connectivity index (χ3v) is 8.65. The average molecular weight is 432 g/mol. The molecule has 1 saturated carbocycles. The van der Waals surface area contributed by atoms with Crippen molar-refractivity contribution in [3.63, 3.8) is 0 Å². The molecule has 9 nitrogen and oxygen atoms in total. The second kappa shape index (κ2) is 8.89. The van der Waals surface area contributed by atoms with Crippen LogP contribution >= 0.6 is 0 Å². The van der Waals surface area contributed by atoms with Gasteiger partial charge in [-0.05, 0) is 46.5 Å². The zero-order valence-electron chi connectivity index (χ0n) is 17.5. The number of amides is 3. The molecule has 1 aliphatic heterocycles. The van der Waals surface area contributed by atoms with Crippen LogP contribution in [0.2, 0.25) is 0 Å². The van der Waals surface area contributed by atoms with Crippen LogP contribution in [-0.4, -0.2) is 71.5 Å². The maximum atomic E-state index is 12.8. The first-order valence-corrected chi connectivity index (χ1v) is 11.8. The van der Waals surface area contributed by atoms with Crippen LogP contribution in [0.4, 0.5) is 4.79 Å². The van der Waals surface area contributed by atoms with E-state index in [1.807, 2.05) is 0 Å². The lowest BCUT2D eigenvalue weighted by Crippen LogP contribution is -2.59. The Morgan fingerprint density at radius 3 is 2.28 bits per heavy atom. The topological polar surface area (TPSA) is 133 Å². The van der Waals surface area contributed by atoms with Crippen LogP contribution in [0.25, 0.3) is 0 Å². The van der Waals surface area contributed by atoms with Crippen molar-refractivity contribution >= 4 is 27.7 Å². The highest BCUT2D eigenvalue weighted by Gasteiger charge is 2.42. The Morgan fingerprint density at radius 1 is 1.10 bits per heavy atom. The first kappa shape index (κ1) is 23.4. The highest BCUT2D eigenvalue weighted by atomic mass is 32.2. The van der Waals surface area contributed by atoms with E-state index in [0.717, 1.165) is 19.3 Å². The van der Waals surface area contributed by atoms with E-state index in [0.29, 0.717) is 32.2 Å². The number of urea groups is 1. The van der Waals surface area contributed by atoms with Gasteiger partial charge < -0.3 is 20.6 Å². The molecule has 0 radical (unpaired) electrons. The zero-order valence-corrected chi connectivity index (χ0v) is 18.3. The monoisotopic (exact) mass is 431 g/mol. The predicted octanol–water partition coefficient (Wildman–Crippen LogP) is 1.28. The molecule has 0 unspecified atom stereocenters. The smallest absolute Gasteiger partial charge is 0.326 e. The fraction of sp³-hybridized carbons (Fsp3) is 0.842. The number of nitrogens with one attached hydrogen (secondary N) is 2. The number of carbonyl (C=O) groups excluding carboxylic acids is 2. The van der Waals surface area contributed by atoms with Gasteiger partial charge in [-0.1, -0.05) is 19.3 Å². The summed E-state index contributed by atoms with van der Waals surface area (Å²) >= 11 is 0. The average Bonchev–Trinajstić information content (AvgIpc) is 3.09. The molecule has 29 heavy (non-hydrogen) atoms. The number of nitrogens with zero attached hydrogens (tertiary/aromatic N) is 1. The van der Waals surface area contributed by atoms with Crippen LogP contribution in [0.1, 0.15) is 65.7 Å². The van der Waals surface area contributed by atoms with Crippen molar-refractivity contribution in [1.29, 1.82) is 0 Å². The molecular formula is C19H33N3O6S. The second-order valence-electron chi connectivity index (χ2n) is 9.10. The molecule has 10 heteroatoms. The molecular weight excluding hydrogens is 398 g/mol. The maximum Gasteiger partial charge on any atom is 0.326 e. The lowest BCUT2D eigenvalue weighted by atomic mass is 9.83. The van der Waals surface area contributed by atoms with E-state index in [1.54, 1.807) is 20.8 Å². The molecule has 2 rings (SSSR count). The molecule has 1 aliphatic carbocycles. The molecule has 0 spiro atoms. The van der Waals surface area contributed by atoms with Gasteiger partial charge in [-0.2, -0.15) is 0 Å². The fourth-order valence-electron chi connectivity index (χ4n) is 3.98. The second-order valence-corrected chi connectivity index (χ2v) is 11.8. The van der Waals surface area contributed by atoms with Gasteiger partial charge in [0.2, 0.25) is 5.91 Å². The first-order chi connectivity index (χ1) is 13.4. The van der Waals surface area contributed by atoms with Crippen molar-refractivity contribution in [3.05, 3.63) is 0 Å². The van der Waals surface area contributed by atoms with Crippen molar-refractivity contribution in [2.45, 2.75) is 82.0 Å². The zero-order chi connectivity index (χ0) is 21.9. The largest absolute Gasteiger partial charge is 0.480 e. The minimum Gasteiger partial charge on any atom is -0.480 e. The predicted molar refractivity (Wildman–Crippen MR) is 108 cm³/mol. The molecule has 166 valence electrons. The van der Waals surface area contributed by atoms with Crippen LogP contribution < -0.4 is 10.6 Å². The highest BCUT2D eigenvalue weighted by Crippen LogP contribution is 2.32. The van der Waals surface area contributed by atoms with E-state index >= 15 is 0 Å². The summed E-state index contributed by atoms with van der Waals surface area (Å²) in [7, 11) is -3.45. The molecule has 2 aliphatic rings. The van der Waals surface area contributed by atoms with Crippen molar-refractivity contribution in [1.82, 2.24) is 15.5 Å². The number of carboxylic acid groups (broad SMARTS) is 1. The maximum absolute atomic E-state index is 12.8. The van der Waals surface area contributed by atoms with Crippen LogP contribution in [0.3, 0.4) is 0 Å². The van der Waals surface area contributed by atoms with E-state index in [9.17, 15) is 27.9 Å². The number of hydrogen-bond acceptors (Lipinski definition) is 5. The molecule has 3 amide bonds. The lowest BCUT2D eigenvalue weighted by molar-refractivity contribution is -0.147. The summed E-state index contributed by atoms with van der Waals surface area (Å²) in [6, 6.07) is -1.45. The molecule has 0 aromatic heterocycles. The van der Waals surface area contributed by atoms with Gasteiger partial charge in [0.15, 0.2) is 9.84 Å². The Hall–Kier alpha value is -1.84. The quantitative estimate of drug-likeness (QED) is 0.580. The number of hydrogen-bond donors (Lipinski definition) is 3. The van der Waals surface area contributed by atoms with Crippen LogP contribution in [0, 0.1) is 0 Å². The molecule has 2 fully saturated rings. The van der Waals surface area contributed by atoms with Crippen LogP contribution in [0.15, 0.2) is 0 Å². The minimum absolute atomic E-state index is 0.141. The fourth-order valence-corrected chi connectivity index (χ4v) is 5.50. The number of likely N-dealkylation sites (tertiary alicyclic amines) is 1. The molecule has 1 saturated heterocycles. The Labute approximate surface area is 172 Å². The number of sulfone groups is 1. The standard InChI is InChI=1S/C19H33N3O6S/c1-18(2,3)29(27,28)13-19(9-5-4-6-10-19)21-17(26)20-12-15(23)22-11-7-8-14(22)16(24)25/h14H,4-13H2,1-3H3,(H,24,25)(H2,20,21,26)/t14-/m0/s1. The molecule has 3 N–H and O–H groups in total. The van der Waals surface area contributed by atoms with Gasteiger partial charge in [0.05, 0.1) is 22.6 Å². The van der Waals surface area contributed by atoms with E-state index in [1.165, 1.54) is 4.90 Å². The minimum atomic E-state index is -3.45. The van der Waals surface area contributed by atoms with Crippen molar-refractivity contribution in [2.75, 3.05) is 18.8 Å². The third kappa shape index (κ3) is 5.83. The van der Waals surface area contributed by atoms with Crippen LogP contribution in [-0.2, 0) is 19.4 Å². The van der Waals surface area contributed by atoms with E-state index in [2.05, 4.69) is 10.6 Å². The molecule has 0 aromatic rings. The molecule has 0 aromatic carbocycles. The summed E-state index contributed by atoms with van der Waals surface area (Å²) in [5.41, 5.74) is -0.852.